The second kappa shape index (κ2) is 6.06. The number of nitrogens with zero attached hydrogens (tertiary/aromatic N) is 3. The third-order valence-corrected chi connectivity index (χ3v) is 3.23. The van der Waals surface area contributed by atoms with Gasteiger partial charge >= 0.3 is 0 Å². The monoisotopic (exact) mass is 293 g/mol. The van der Waals surface area contributed by atoms with Gasteiger partial charge in [0.15, 0.2) is 0 Å². The standard InChI is InChI=1S/C11H11N5O3S/c1-12-10-8(4-7(5-14-10)16(18)19)11(17)15-6-9-13-2-3-20-9/h2-5H,6H2,1H3,(H,12,14)(H,15,17). The van der Waals surface area contributed by atoms with Gasteiger partial charge < -0.3 is 10.6 Å². The van der Waals surface area contributed by atoms with Crippen LogP contribution in [0.3, 0.4) is 0 Å². The van der Waals surface area contributed by atoms with Gasteiger partial charge in [0.25, 0.3) is 11.6 Å². The van der Waals surface area contributed by atoms with Crippen LogP contribution in [-0.2, 0) is 6.54 Å². The van der Waals surface area contributed by atoms with Gasteiger partial charge in [-0.05, 0) is 0 Å². The fraction of sp³-hybridized carbons (Fsp3) is 0.182. The van der Waals surface area contributed by atoms with Crippen molar-refractivity contribution in [3.05, 3.63) is 44.5 Å². The molecule has 0 atom stereocenters. The first kappa shape index (κ1) is 13.9. The van der Waals surface area contributed by atoms with Gasteiger partial charge in [0.1, 0.15) is 17.0 Å². The van der Waals surface area contributed by atoms with E-state index in [1.807, 2.05) is 0 Å². The number of nitrogens with one attached hydrogen (secondary N) is 2. The van der Waals surface area contributed by atoms with Gasteiger partial charge in [0.05, 0.1) is 17.0 Å². The molecule has 104 valence electrons. The van der Waals surface area contributed by atoms with Crippen LogP contribution in [0.1, 0.15) is 15.4 Å². The van der Waals surface area contributed by atoms with E-state index in [1.54, 1.807) is 18.6 Å². The van der Waals surface area contributed by atoms with Gasteiger partial charge in [-0.25, -0.2) is 9.97 Å². The lowest BCUT2D eigenvalue weighted by atomic mass is 10.2. The number of thiazole rings is 1. The Balaban J connectivity index is 2.18. The summed E-state index contributed by atoms with van der Waals surface area (Å²) in [5.74, 6) is -0.159. The Hall–Kier alpha value is -2.55. The predicted molar refractivity (Wildman–Crippen MR) is 73.7 cm³/mol. The Morgan fingerprint density at radius 2 is 2.30 bits per heavy atom. The zero-order valence-corrected chi connectivity index (χ0v) is 11.3. The summed E-state index contributed by atoms with van der Waals surface area (Å²) in [6, 6.07) is 1.19. The van der Waals surface area contributed by atoms with Crippen LogP contribution in [0.25, 0.3) is 0 Å². The van der Waals surface area contributed by atoms with Gasteiger partial charge in [0, 0.05) is 24.7 Å². The van der Waals surface area contributed by atoms with E-state index in [0.29, 0.717) is 0 Å². The minimum absolute atomic E-state index is 0.123. The molecule has 0 aliphatic carbocycles. The van der Waals surface area contributed by atoms with Gasteiger partial charge in [-0.1, -0.05) is 0 Å². The highest BCUT2D eigenvalue weighted by Gasteiger charge is 2.17. The van der Waals surface area contributed by atoms with E-state index in [9.17, 15) is 14.9 Å². The predicted octanol–water partition coefficient (Wildman–Crippen LogP) is 1.42. The molecule has 8 nitrogen and oxygen atoms in total. The molecule has 0 radical (unpaired) electrons. The Kier molecular flexibility index (Phi) is 4.20. The zero-order chi connectivity index (χ0) is 14.5. The van der Waals surface area contributed by atoms with E-state index in [1.165, 1.54) is 17.4 Å². The van der Waals surface area contributed by atoms with Crippen molar-refractivity contribution >= 4 is 28.7 Å². The highest BCUT2D eigenvalue weighted by molar-refractivity contribution is 7.09. The van der Waals surface area contributed by atoms with Gasteiger partial charge in [-0.15, -0.1) is 11.3 Å². The molecule has 2 N–H and O–H groups in total. The highest BCUT2D eigenvalue weighted by Crippen LogP contribution is 2.18. The summed E-state index contributed by atoms with van der Waals surface area (Å²) >= 11 is 1.41. The number of hydrogen-bond donors (Lipinski definition) is 2. The van der Waals surface area contributed by atoms with E-state index in [4.69, 9.17) is 0 Å². The molecule has 0 saturated heterocycles. The third kappa shape index (κ3) is 3.06. The second-order valence-electron chi connectivity index (χ2n) is 3.71. The van der Waals surface area contributed by atoms with Crippen LogP contribution in [0.5, 0.6) is 0 Å². The lowest BCUT2D eigenvalue weighted by Crippen LogP contribution is -2.24. The number of aromatic nitrogens is 2. The van der Waals surface area contributed by atoms with Crippen LogP contribution >= 0.6 is 11.3 Å². The maximum Gasteiger partial charge on any atom is 0.288 e. The van der Waals surface area contributed by atoms with Crippen molar-refractivity contribution in [2.45, 2.75) is 6.54 Å². The molecule has 2 heterocycles. The van der Waals surface area contributed by atoms with E-state index in [0.717, 1.165) is 11.2 Å². The fourth-order valence-corrected chi connectivity index (χ4v) is 2.07. The molecule has 1 amide bonds. The van der Waals surface area contributed by atoms with Crippen LogP contribution in [0.15, 0.2) is 23.8 Å². The van der Waals surface area contributed by atoms with Gasteiger partial charge in [0.2, 0.25) is 0 Å². The second-order valence-corrected chi connectivity index (χ2v) is 4.68. The normalized spacial score (nSPS) is 10.1. The Morgan fingerprint density at radius 1 is 1.50 bits per heavy atom. The number of carbonyl (C=O) groups excluding carboxylic acids is 1. The number of pyridine rings is 1. The van der Waals surface area contributed by atoms with Crippen molar-refractivity contribution in [1.82, 2.24) is 15.3 Å². The Bertz CT molecular complexity index is 629. The van der Waals surface area contributed by atoms with Crippen molar-refractivity contribution in [1.29, 1.82) is 0 Å². The molecule has 2 rings (SSSR count). The average molecular weight is 293 g/mol. The summed E-state index contributed by atoms with van der Waals surface area (Å²) < 4.78 is 0. The number of carbonyl (C=O) groups is 1. The van der Waals surface area contributed by atoms with Crippen LogP contribution in [0, 0.1) is 10.1 Å². The number of rotatable bonds is 5. The number of hydrogen-bond acceptors (Lipinski definition) is 7. The maximum atomic E-state index is 12.1. The van der Waals surface area contributed by atoms with Crippen LogP contribution in [0.2, 0.25) is 0 Å². The molecule has 9 heteroatoms. The minimum atomic E-state index is -0.593. The smallest absolute Gasteiger partial charge is 0.288 e. The minimum Gasteiger partial charge on any atom is -0.372 e. The molecule has 0 saturated carbocycles. The topological polar surface area (TPSA) is 110 Å². The molecule has 0 aromatic carbocycles. The molecule has 20 heavy (non-hydrogen) atoms. The largest absolute Gasteiger partial charge is 0.372 e. The number of anilines is 1. The molecule has 0 aliphatic heterocycles. The van der Waals surface area contributed by atoms with Gasteiger partial charge in [-0.2, -0.15) is 0 Å². The summed E-state index contributed by atoms with van der Waals surface area (Å²) in [6.45, 7) is 0.266. The zero-order valence-electron chi connectivity index (χ0n) is 10.5. The molecule has 0 aliphatic rings. The van der Waals surface area contributed by atoms with Crippen molar-refractivity contribution < 1.29 is 9.72 Å². The molecule has 0 bridgehead atoms. The van der Waals surface area contributed by atoms with E-state index >= 15 is 0 Å². The van der Waals surface area contributed by atoms with E-state index in [-0.39, 0.29) is 23.6 Å². The molecule has 2 aromatic rings. The molecular formula is C11H11N5O3S. The quantitative estimate of drug-likeness (QED) is 0.637. The van der Waals surface area contributed by atoms with Gasteiger partial charge in [-0.3, -0.25) is 14.9 Å². The fourth-order valence-electron chi connectivity index (χ4n) is 1.52. The first-order chi connectivity index (χ1) is 9.61. The van der Waals surface area contributed by atoms with E-state index < -0.39 is 10.8 Å². The molecule has 2 aromatic heterocycles. The summed E-state index contributed by atoms with van der Waals surface area (Å²) in [5, 5.41) is 18.7. The van der Waals surface area contributed by atoms with Crippen LogP contribution in [0.4, 0.5) is 11.5 Å². The maximum absolute atomic E-state index is 12.1. The average Bonchev–Trinajstić information content (AvgIpc) is 2.97. The lowest BCUT2D eigenvalue weighted by Gasteiger charge is -2.07. The van der Waals surface area contributed by atoms with Crippen molar-refractivity contribution in [2.75, 3.05) is 12.4 Å². The first-order valence-electron chi connectivity index (χ1n) is 5.60. The SMILES string of the molecule is CNc1ncc([N+](=O)[O-])cc1C(=O)NCc1nccs1. The number of amides is 1. The third-order valence-electron chi connectivity index (χ3n) is 2.45. The molecule has 0 spiro atoms. The molecule has 0 fully saturated rings. The highest BCUT2D eigenvalue weighted by atomic mass is 32.1. The lowest BCUT2D eigenvalue weighted by molar-refractivity contribution is -0.385. The van der Waals surface area contributed by atoms with Crippen LogP contribution in [-0.4, -0.2) is 27.8 Å². The van der Waals surface area contributed by atoms with Crippen molar-refractivity contribution in [3.8, 4) is 0 Å². The summed E-state index contributed by atoms with van der Waals surface area (Å²) in [6.07, 6.45) is 2.74. The first-order valence-corrected chi connectivity index (χ1v) is 6.48. The Morgan fingerprint density at radius 3 is 2.90 bits per heavy atom. The van der Waals surface area contributed by atoms with Crippen molar-refractivity contribution in [3.63, 3.8) is 0 Å². The van der Waals surface area contributed by atoms with Crippen LogP contribution < -0.4 is 10.6 Å². The van der Waals surface area contributed by atoms with Crippen molar-refractivity contribution in [2.24, 2.45) is 0 Å². The number of nitro groups is 1. The summed E-state index contributed by atoms with van der Waals surface area (Å²) in [5.41, 5.74) is -0.110. The Labute approximate surface area is 118 Å². The summed E-state index contributed by atoms with van der Waals surface area (Å²) in [4.78, 5) is 30.1. The molecular weight excluding hydrogens is 282 g/mol. The van der Waals surface area contributed by atoms with E-state index in [2.05, 4.69) is 20.6 Å². The summed E-state index contributed by atoms with van der Waals surface area (Å²) in [7, 11) is 1.59. The molecule has 0 unspecified atom stereocenters.